The van der Waals surface area contributed by atoms with Crippen LogP contribution in [0, 0.1) is 6.92 Å². The first kappa shape index (κ1) is 25.0. The van der Waals surface area contributed by atoms with Gasteiger partial charge >= 0.3 is 0 Å². The number of aryl methyl sites for hydroxylation is 1. The molecule has 9 heteroatoms. The number of hydrazone groups is 1. The first-order chi connectivity index (χ1) is 17.9. The van der Waals surface area contributed by atoms with Crippen LogP contribution in [0.1, 0.15) is 35.6 Å². The Hall–Kier alpha value is -3.62. The average molecular weight is 533 g/mol. The van der Waals surface area contributed by atoms with E-state index in [9.17, 15) is 9.59 Å². The number of hydrogen-bond donors (Lipinski definition) is 1. The van der Waals surface area contributed by atoms with Crippen molar-refractivity contribution in [3.05, 3.63) is 94.5 Å². The van der Waals surface area contributed by atoms with Crippen molar-refractivity contribution >= 4 is 51.7 Å². The van der Waals surface area contributed by atoms with Gasteiger partial charge in [-0.15, -0.1) is 0 Å². The molecule has 0 radical (unpaired) electrons. The van der Waals surface area contributed by atoms with E-state index in [0.717, 1.165) is 28.2 Å². The first-order valence-corrected chi connectivity index (χ1v) is 13.1. The Morgan fingerprint density at radius 2 is 1.89 bits per heavy atom. The van der Waals surface area contributed by atoms with Crippen molar-refractivity contribution in [2.75, 3.05) is 12.4 Å². The van der Waals surface area contributed by atoms with E-state index in [4.69, 9.17) is 21.4 Å². The SMILES string of the molecule is COc1ccc([C@H]2CC(c3ccc(Cl)cc3)=NN2C2=NC(=O)[C@H](CC(=O)Nc3cccc(C)c3)S2)cc1. The minimum Gasteiger partial charge on any atom is -0.497 e. The number of aliphatic imine (C=N–C) groups is 1. The van der Waals surface area contributed by atoms with Crippen LogP contribution in [-0.4, -0.2) is 40.1 Å². The lowest BCUT2D eigenvalue weighted by atomic mass is 9.98. The van der Waals surface area contributed by atoms with Gasteiger partial charge in [-0.25, -0.2) is 5.01 Å². The van der Waals surface area contributed by atoms with Crippen LogP contribution in [0.25, 0.3) is 0 Å². The van der Waals surface area contributed by atoms with E-state index >= 15 is 0 Å². The number of ether oxygens (including phenoxy) is 1. The quantitative estimate of drug-likeness (QED) is 0.431. The number of carbonyl (C=O) groups excluding carboxylic acids is 2. The molecule has 37 heavy (non-hydrogen) atoms. The van der Waals surface area contributed by atoms with Crippen LogP contribution in [0.4, 0.5) is 5.69 Å². The van der Waals surface area contributed by atoms with Gasteiger partial charge in [-0.05, 0) is 60.0 Å². The molecule has 2 amide bonds. The zero-order chi connectivity index (χ0) is 25.9. The van der Waals surface area contributed by atoms with Crippen LogP contribution in [0.3, 0.4) is 0 Å². The number of benzene rings is 3. The molecular formula is C28H25ClN4O3S. The Morgan fingerprint density at radius 1 is 1.14 bits per heavy atom. The molecule has 2 atom stereocenters. The van der Waals surface area contributed by atoms with Crippen molar-refractivity contribution in [3.8, 4) is 5.75 Å². The minimum atomic E-state index is -0.605. The van der Waals surface area contributed by atoms with Gasteiger partial charge in [0.2, 0.25) is 5.91 Å². The number of thioether (sulfide) groups is 1. The Balaban J connectivity index is 1.35. The third kappa shape index (κ3) is 5.70. The van der Waals surface area contributed by atoms with Gasteiger partial charge in [0, 0.05) is 23.6 Å². The maximum atomic E-state index is 12.8. The van der Waals surface area contributed by atoms with E-state index in [2.05, 4.69) is 10.3 Å². The topological polar surface area (TPSA) is 83.4 Å². The smallest absolute Gasteiger partial charge is 0.262 e. The molecule has 0 unspecified atom stereocenters. The fraction of sp³-hybridized carbons (Fsp3) is 0.214. The standard InChI is InChI=1S/C28H25ClN4O3S/c1-17-4-3-5-21(14-17)30-26(34)16-25-27(35)31-28(37-25)33-24(19-8-12-22(36-2)13-9-19)15-23(32-33)18-6-10-20(29)11-7-18/h3-14,24-25H,15-16H2,1-2H3,(H,30,34)/t24-,25+/m1/s1. The molecule has 1 N–H and O–H groups in total. The molecule has 0 spiro atoms. The van der Waals surface area contributed by atoms with E-state index in [0.29, 0.717) is 22.3 Å². The molecule has 0 aliphatic carbocycles. The second-order valence-electron chi connectivity index (χ2n) is 8.85. The summed E-state index contributed by atoms with van der Waals surface area (Å²) in [5.74, 6) is 0.198. The van der Waals surface area contributed by atoms with E-state index in [-0.39, 0.29) is 24.3 Å². The average Bonchev–Trinajstić information content (AvgIpc) is 3.48. The molecule has 2 aliphatic rings. The van der Waals surface area contributed by atoms with Gasteiger partial charge < -0.3 is 10.1 Å². The highest BCUT2D eigenvalue weighted by Crippen LogP contribution is 2.39. The third-order valence-electron chi connectivity index (χ3n) is 6.19. The number of rotatable bonds is 6. The Bertz CT molecular complexity index is 1390. The highest BCUT2D eigenvalue weighted by Gasteiger charge is 2.39. The van der Waals surface area contributed by atoms with Crippen LogP contribution in [0.5, 0.6) is 5.75 Å². The van der Waals surface area contributed by atoms with Gasteiger partial charge in [0.1, 0.15) is 11.0 Å². The van der Waals surface area contributed by atoms with Gasteiger partial charge in [-0.3, -0.25) is 9.59 Å². The van der Waals surface area contributed by atoms with Crippen LogP contribution in [-0.2, 0) is 9.59 Å². The minimum absolute atomic E-state index is 0.0270. The zero-order valence-corrected chi connectivity index (χ0v) is 21.9. The van der Waals surface area contributed by atoms with Crippen LogP contribution >= 0.6 is 23.4 Å². The lowest BCUT2D eigenvalue weighted by Crippen LogP contribution is -2.25. The van der Waals surface area contributed by atoms with E-state index in [1.165, 1.54) is 11.8 Å². The van der Waals surface area contributed by atoms with Crippen molar-refractivity contribution in [3.63, 3.8) is 0 Å². The Kier molecular flexibility index (Phi) is 7.30. The van der Waals surface area contributed by atoms with Gasteiger partial charge in [-0.2, -0.15) is 10.1 Å². The molecule has 2 aliphatic heterocycles. The summed E-state index contributed by atoms with van der Waals surface area (Å²) in [7, 11) is 1.63. The van der Waals surface area contributed by atoms with Crippen molar-refractivity contribution in [2.45, 2.75) is 31.1 Å². The summed E-state index contributed by atoms with van der Waals surface area (Å²) in [6.45, 7) is 1.96. The zero-order valence-electron chi connectivity index (χ0n) is 20.3. The Morgan fingerprint density at radius 3 is 2.59 bits per heavy atom. The van der Waals surface area contributed by atoms with E-state index in [1.807, 2.05) is 79.7 Å². The number of nitrogens with one attached hydrogen (secondary N) is 1. The molecule has 2 heterocycles. The molecule has 5 rings (SSSR count). The summed E-state index contributed by atoms with van der Waals surface area (Å²) in [5, 5.41) is 10.1. The third-order valence-corrected chi connectivity index (χ3v) is 7.58. The molecule has 0 fully saturated rings. The van der Waals surface area contributed by atoms with Crippen LogP contribution in [0.2, 0.25) is 5.02 Å². The fourth-order valence-corrected chi connectivity index (χ4v) is 5.48. The predicted molar refractivity (Wildman–Crippen MR) is 148 cm³/mol. The number of hydrogen-bond acceptors (Lipinski definition) is 6. The van der Waals surface area contributed by atoms with Crippen LogP contribution < -0.4 is 10.1 Å². The number of amides is 2. The van der Waals surface area contributed by atoms with Gasteiger partial charge in [0.05, 0.1) is 18.9 Å². The molecule has 3 aromatic rings. The number of nitrogens with zero attached hydrogens (tertiary/aromatic N) is 3. The molecule has 0 aromatic heterocycles. The second-order valence-corrected chi connectivity index (χ2v) is 10.5. The summed E-state index contributed by atoms with van der Waals surface area (Å²) in [5.41, 5.74) is 4.59. The van der Waals surface area contributed by atoms with Crippen molar-refractivity contribution in [1.29, 1.82) is 0 Å². The molecule has 0 saturated carbocycles. The van der Waals surface area contributed by atoms with Crippen molar-refractivity contribution < 1.29 is 14.3 Å². The predicted octanol–water partition coefficient (Wildman–Crippen LogP) is 5.83. The van der Waals surface area contributed by atoms with E-state index in [1.54, 1.807) is 12.1 Å². The van der Waals surface area contributed by atoms with Gasteiger partial charge in [0.15, 0.2) is 5.17 Å². The number of halogens is 1. The normalized spacial score (nSPS) is 19.0. The van der Waals surface area contributed by atoms with Gasteiger partial charge in [0.25, 0.3) is 5.91 Å². The van der Waals surface area contributed by atoms with E-state index < -0.39 is 5.25 Å². The molecule has 0 bridgehead atoms. The second kappa shape index (κ2) is 10.8. The maximum absolute atomic E-state index is 12.8. The van der Waals surface area contributed by atoms with Crippen LogP contribution in [0.15, 0.2) is 82.9 Å². The number of carbonyl (C=O) groups is 2. The summed E-state index contributed by atoms with van der Waals surface area (Å²) in [6, 6.07) is 22.7. The highest BCUT2D eigenvalue weighted by atomic mass is 35.5. The molecular weight excluding hydrogens is 508 g/mol. The summed E-state index contributed by atoms with van der Waals surface area (Å²) in [6.07, 6.45) is 0.652. The molecule has 3 aromatic carbocycles. The van der Waals surface area contributed by atoms with Gasteiger partial charge in [-0.1, -0.05) is 59.8 Å². The first-order valence-electron chi connectivity index (χ1n) is 11.8. The largest absolute Gasteiger partial charge is 0.497 e. The monoisotopic (exact) mass is 532 g/mol. The highest BCUT2D eigenvalue weighted by molar-refractivity contribution is 8.15. The molecule has 0 saturated heterocycles. The summed E-state index contributed by atoms with van der Waals surface area (Å²) >= 11 is 7.36. The molecule has 188 valence electrons. The fourth-order valence-electron chi connectivity index (χ4n) is 4.30. The number of amidine groups is 1. The number of methoxy groups -OCH3 is 1. The van der Waals surface area contributed by atoms with Crippen molar-refractivity contribution in [1.82, 2.24) is 5.01 Å². The lowest BCUT2D eigenvalue weighted by molar-refractivity contribution is -0.121. The van der Waals surface area contributed by atoms with Crippen molar-refractivity contribution in [2.24, 2.45) is 10.1 Å². The number of anilines is 1. The Labute approximate surface area is 224 Å². The summed E-state index contributed by atoms with van der Waals surface area (Å²) in [4.78, 5) is 29.8. The maximum Gasteiger partial charge on any atom is 0.262 e. The molecule has 7 nitrogen and oxygen atoms in total. The summed E-state index contributed by atoms with van der Waals surface area (Å²) < 4.78 is 5.31. The lowest BCUT2D eigenvalue weighted by Gasteiger charge is -2.23.